The number of hydrogen-bond donors (Lipinski definition) is 0. The van der Waals surface area contributed by atoms with Crippen molar-refractivity contribution in [3.63, 3.8) is 0 Å². The highest BCUT2D eigenvalue weighted by molar-refractivity contribution is 7.91. The van der Waals surface area contributed by atoms with Crippen LogP contribution in [0.2, 0.25) is 0 Å². The highest BCUT2D eigenvalue weighted by Gasteiger charge is 2.30. The Balaban J connectivity index is 1.19. The summed E-state index contributed by atoms with van der Waals surface area (Å²) in [6, 6.07) is 15.2. The van der Waals surface area contributed by atoms with Crippen LogP contribution in [0.3, 0.4) is 0 Å². The van der Waals surface area contributed by atoms with E-state index < -0.39 is 9.84 Å². The molecule has 0 aromatic heterocycles. The molecule has 0 aliphatic carbocycles. The fraction of sp³-hybridized carbons (Fsp3) is 0.480. The average Bonchev–Trinajstić information content (AvgIpc) is 2.85. The van der Waals surface area contributed by atoms with Crippen LogP contribution in [0.4, 0.5) is 4.39 Å². The fourth-order valence-corrected chi connectivity index (χ4v) is 5.94. The van der Waals surface area contributed by atoms with E-state index in [4.69, 9.17) is 4.74 Å². The maximum absolute atomic E-state index is 13.8. The first-order valence-electron chi connectivity index (χ1n) is 11.6. The van der Waals surface area contributed by atoms with Crippen LogP contribution >= 0.6 is 0 Å². The molecule has 0 saturated carbocycles. The van der Waals surface area contributed by atoms with E-state index in [9.17, 15) is 17.6 Å². The lowest BCUT2D eigenvalue weighted by atomic mass is 9.98. The number of amides is 1. The van der Waals surface area contributed by atoms with Gasteiger partial charge in [-0.15, -0.1) is 0 Å². The second kappa shape index (κ2) is 10.7. The quantitative estimate of drug-likeness (QED) is 0.614. The summed E-state index contributed by atoms with van der Waals surface area (Å²) in [7, 11) is -3.44. The zero-order valence-corrected chi connectivity index (χ0v) is 19.6. The number of piperidine rings is 2. The van der Waals surface area contributed by atoms with Crippen molar-refractivity contribution in [2.45, 2.75) is 49.1 Å². The molecule has 1 amide bonds. The van der Waals surface area contributed by atoms with E-state index in [2.05, 4.69) is 4.90 Å². The molecule has 8 heteroatoms. The van der Waals surface area contributed by atoms with Crippen molar-refractivity contribution in [1.29, 1.82) is 0 Å². The molecule has 2 aliphatic heterocycles. The van der Waals surface area contributed by atoms with Crippen molar-refractivity contribution >= 4 is 15.7 Å². The van der Waals surface area contributed by atoms with Gasteiger partial charge >= 0.3 is 0 Å². The zero-order valence-electron chi connectivity index (χ0n) is 18.7. The number of ether oxygens (including phenoxy) is 1. The predicted molar refractivity (Wildman–Crippen MR) is 124 cm³/mol. The molecule has 0 unspecified atom stereocenters. The van der Waals surface area contributed by atoms with Gasteiger partial charge in [-0.2, -0.15) is 0 Å². The van der Waals surface area contributed by atoms with Gasteiger partial charge in [-0.3, -0.25) is 9.69 Å². The number of carbonyl (C=O) groups excluding carboxylic acids is 1. The molecule has 2 aromatic carbocycles. The van der Waals surface area contributed by atoms with Gasteiger partial charge in [0.1, 0.15) is 6.10 Å². The lowest BCUT2D eigenvalue weighted by molar-refractivity contribution is -0.132. The summed E-state index contributed by atoms with van der Waals surface area (Å²) in [5.74, 6) is -0.263. The minimum absolute atomic E-state index is 0.0146. The summed E-state index contributed by atoms with van der Waals surface area (Å²) in [5.41, 5.74) is 0. The van der Waals surface area contributed by atoms with Crippen LogP contribution in [0.15, 0.2) is 59.5 Å². The molecule has 0 bridgehead atoms. The Bertz CT molecular complexity index is 1030. The second-order valence-corrected chi connectivity index (χ2v) is 10.9. The van der Waals surface area contributed by atoms with Crippen molar-refractivity contribution in [2.24, 2.45) is 0 Å². The average molecular weight is 475 g/mol. The van der Waals surface area contributed by atoms with Gasteiger partial charge in [-0.25, -0.2) is 12.8 Å². The van der Waals surface area contributed by atoms with Crippen molar-refractivity contribution in [1.82, 2.24) is 9.80 Å². The van der Waals surface area contributed by atoms with Gasteiger partial charge in [0.25, 0.3) is 0 Å². The van der Waals surface area contributed by atoms with Gasteiger partial charge in [-0.1, -0.05) is 30.3 Å². The van der Waals surface area contributed by atoms with Gasteiger partial charge in [0.05, 0.1) is 10.6 Å². The molecule has 2 saturated heterocycles. The summed E-state index contributed by atoms with van der Waals surface area (Å²) in [6.07, 6.45) is 3.51. The van der Waals surface area contributed by atoms with Crippen molar-refractivity contribution in [3.8, 4) is 5.75 Å². The maximum Gasteiger partial charge on any atom is 0.223 e. The Hall–Kier alpha value is -2.45. The topological polar surface area (TPSA) is 66.9 Å². The normalized spacial score (nSPS) is 18.9. The van der Waals surface area contributed by atoms with Gasteiger partial charge in [-0.05, 0) is 49.9 Å². The highest BCUT2D eigenvalue weighted by atomic mass is 32.2. The molecular weight excluding hydrogens is 443 g/mol. The van der Waals surface area contributed by atoms with Gasteiger partial charge < -0.3 is 9.64 Å². The molecule has 0 N–H and O–H groups in total. The van der Waals surface area contributed by atoms with Crippen LogP contribution in [-0.4, -0.2) is 68.2 Å². The van der Waals surface area contributed by atoms with E-state index >= 15 is 0 Å². The minimum Gasteiger partial charge on any atom is -0.487 e. The number of nitrogens with zero attached hydrogens (tertiary/aromatic N) is 2. The van der Waals surface area contributed by atoms with Crippen LogP contribution in [0, 0.1) is 5.82 Å². The molecule has 2 fully saturated rings. The highest BCUT2D eigenvalue weighted by Crippen LogP contribution is 2.25. The Labute approximate surface area is 195 Å². The lowest BCUT2D eigenvalue weighted by Gasteiger charge is -2.41. The van der Waals surface area contributed by atoms with Crippen molar-refractivity contribution < 1.29 is 22.3 Å². The summed E-state index contributed by atoms with van der Waals surface area (Å²) >= 11 is 0. The Morgan fingerprint density at radius 1 is 0.909 bits per heavy atom. The monoisotopic (exact) mass is 474 g/mol. The number of sulfone groups is 1. The molecule has 178 valence electrons. The molecule has 4 rings (SSSR count). The Kier molecular flexibility index (Phi) is 7.65. The molecule has 2 heterocycles. The molecule has 6 nitrogen and oxygen atoms in total. The van der Waals surface area contributed by atoms with Crippen molar-refractivity contribution in [3.05, 3.63) is 60.4 Å². The molecule has 2 aliphatic rings. The Morgan fingerprint density at radius 2 is 1.55 bits per heavy atom. The largest absolute Gasteiger partial charge is 0.487 e. The Morgan fingerprint density at radius 3 is 2.21 bits per heavy atom. The van der Waals surface area contributed by atoms with E-state index in [0.717, 1.165) is 38.8 Å². The molecular formula is C25H31FN2O4S. The molecule has 0 atom stereocenters. The van der Waals surface area contributed by atoms with Crippen LogP contribution in [-0.2, 0) is 14.6 Å². The standard InChI is InChI=1S/C25H31FN2O4S/c26-23-8-4-5-9-24(23)32-21-12-17-27(18-13-21)20-10-15-28(16-11-20)25(29)14-19-33(30,31)22-6-2-1-3-7-22/h1-9,20-21H,10-19H2. The van der Waals surface area contributed by atoms with Gasteiger partial charge in [0.15, 0.2) is 21.4 Å². The smallest absolute Gasteiger partial charge is 0.223 e. The zero-order chi connectivity index (χ0) is 23.3. The third-order valence-corrected chi connectivity index (χ3v) is 8.36. The first-order chi connectivity index (χ1) is 15.9. The predicted octanol–water partition coefficient (Wildman–Crippen LogP) is 3.52. The summed E-state index contributed by atoms with van der Waals surface area (Å²) in [5, 5.41) is 0. The number of benzene rings is 2. The number of hydrogen-bond acceptors (Lipinski definition) is 5. The fourth-order valence-electron chi connectivity index (χ4n) is 4.68. The summed E-state index contributed by atoms with van der Waals surface area (Å²) in [4.78, 5) is 17.1. The molecule has 2 aromatic rings. The van der Waals surface area contributed by atoms with Crippen LogP contribution < -0.4 is 4.74 Å². The maximum atomic E-state index is 13.8. The number of halogens is 1. The molecule has 0 radical (unpaired) electrons. The summed E-state index contributed by atoms with van der Waals surface area (Å²) in [6.45, 7) is 3.10. The van der Waals surface area contributed by atoms with Crippen molar-refractivity contribution in [2.75, 3.05) is 31.9 Å². The molecule has 33 heavy (non-hydrogen) atoms. The van der Waals surface area contributed by atoms with Gasteiger partial charge in [0.2, 0.25) is 5.91 Å². The van der Waals surface area contributed by atoms with Crippen LogP contribution in [0.1, 0.15) is 32.1 Å². The van der Waals surface area contributed by atoms with Crippen LogP contribution in [0.5, 0.6) is 5.75 Å². The third kappa shape index (κ3) is 6.12. The third-order valence-electron chi connectivity index (χ3n) is 6.63. The van der Waals surface area contributed by atoms with E-state index in [0.29, 0.717) is 24.9 Å². The molecule has 0 spiro atoms. The van der Waals surface area contributed by atoms with E-state index in [1.54, 1.807) is 53.4 Å². The second-order valence-electron chi connectivity index (χ2n) is 8.78. The number of para-hydroxylation sites is 1. The first-order valence-corrected chi connectivity index (χ1v) is 13.3. The first kappa shape index (κ1) is 23.7. The minimum atomic E-state index is -3.44. The van der Waals surface area contributed by atoms with E-state index in [1.807, 2.05) is 0 Å². The number of rotatable bonds is 7. The lowest BCUT2D eigenvalue weighted by Crippen LogP contribution is -2.50. The number of carbonyl (C=O) groups is 1. The SMILES string of the molecule is O=C(CCS(=O)(=O)c1ccccc1)N1CCC(N2CCC(Oc3ccccc3F)CC2)CC1. The van der Waals surface area contributed by atoms with Gasteiger partial charge in [0, 0.05) is 38.6 Å². The van der Waals surface area contributed by atoms with Crippen LogP contribution in [0.25, 0.3) is 0 Å². The van der Waals surface area contributed by atoms with E-state index in [-0.39, 0.29) is 34.9 Å². The summed E-state index contributed by atoms with van der Waals surface area (Å²) < 4.78 is 44.5. The number of likely N-dealkylation sites (tertiary alicyclic amines) is 2. The van der Waals surface area contributed by atoms with E-state index in [1.165, 1.54) is 6.07 Å².